The van der Waals surface area contributed by atoms with Gasteiger partial charge in [-0.05, 0) is 42.5 Å². The molecule has 0 aliphatic heterocycles. The van der Waals surface area contributed by atoms with Crippen molar-refractivity contribution in [3.8, 4) is 12.0 Å². The second-order valence-corrected chi connectivity index (χ2v) is 30.8. The predicted octanol–water partition coefficient (Wildman–Crippen LogP) is -0.394. The Bertz CT molecular complexity index is 851. The standard InChI is InChI=1S/C17H46O16Si9.CH6Si/c1-18-38(19-2,20-3)17-16-37(14,15)30-42(28-35-11,31-39(21-4,22-5)23-6)33-40(24-7,25-8)32-41(26-9,27-34-10)29-36(12)13;1-2/h10-11,36H,16-17H2,1-9,12-15H3;1-2H3. The minimum atomic E-state index is -4.56. The van der Waals surface area contributed by atoms with Gasteiger partial charge in [0.2, 0.25) is 18.4 Å². The van der Waals surface area contributed by atoms with Crippen molar-refractivity contribution in [1.29, 1.82) is 0 Å². The largest absolute Gasteiger partial charge is 0.727 e. The Morgan fingerprint density at radius 3 is 1.23 bits per heavy atom. The van der Waals surface area contributed by atoms with Crippen molar-refractivity contribution in [2.24, 2.45) is 0 Å². The lowest BCUT2D eigenvalue weighted by Gasteiger charge is -2.41. The second-order valence-electron chi connectivity index (χ2n) is 8.79. The summed E-state index contributed by atoms with van der Waals surface area (Å²) in [5.41, 5.74) is 0. The predicted molar refractivity (Wildman–Crippen MR) is 183 cm³/mol. The zero-order valence-corrected chi connectivity index (χ0v) is 39.8. The van der Waals surface area contributed by atoms with E-state index >= 15 is 0 Å². The summed E-state index contributed by atoms with van der Waals surface area (Å²) in [5.74, 6) is 0. The van der Waals surface area contributed by atoms with Gasteiger partial charge >= 0.3 is 45.0 Å². The van der Waals surface area contributed by atoms with Gasteiger partial charge in [0.05, 0.1) is 0 Å². The van der Waals surface area contributed by atoms with E-state index in [-0.39, 0.29) is 0 Å². The third kappa shape index (κ3) is 14.5. The summed E-state index contributed by atoms with van der Waals surface area (Å²) in [5, 5.41) is 0. The maximum Gasteiger partial charge on any atom is 0.727 e. The lowest BCUT2D eigenvalue weighted by molar-refractivity contribution is -0.0295. The van der Waals surface area contributed by atoms with Gasteiger partial charge in [0.1, 0.15) is 0 Å². The van der Waals surface area contributed by atoms with E-state index in [4.69, 9.17) is 80.6 Å². The van der Waals surface area contributed by atoms with Crippen LogP contribution in [-0.4, -0.2) is 155 Å². The molecule has 26 heteroatoms. The van der Waals surface area contributed by atoms with Crippen LogP contribution in [0.1, 0.15) is 0 Å². The minimum absolute atomic E-state index is 0.415. The molecule has 0 fully saturated rings. The molecule has 0 aliphatic rings. The molecule has 0 aromatic heterocycles. The third-order valence-corrected chi connectivity index (χ3v) is 28.2. The first-order valence-corrected chi connectivity index (χ1v) is 31.7. The van der Waals surface area contributed by atoms with Gasteiger partial charge < -0.3 is 68.6 Å². The number of hydrogen-bond donors (Lipinski definition) is 0. The van der Waals surface area contributed by atoms with Crippen molar-refractivity contribution in [2.75, 3.05) is 64.0 Å². The highest BCUT2D eigenvalue weighted by molar-refractivity contribution is 6.86. The van der Waals surface area contributed by atoms with E-state index in [2.05, 4.69) is 6.55 Å². The van der Waals surface area contributed by atoms with Gasteiger partial charge in [-0.25, -0.2) is 0 Å². The summed E-state index contributed by atoms with van der Waals surface area (Å²) in [4.78, 5) is 0. The van der Waals surface area contributed by atoms with Gasteiger partial charge in [-0.2, -0.15) is 0 Å². The Morgan fingerprint density at radius 1 is 0.523 bits per heavy atom. The molecule has 0 saturated carbocycles. The van der Waals surface area contributed by atoms with Crippen molar-refractivity contribution < 1.29 is 68.6 Å². The lowest BCUT2D eigenvalue weighted by Crippen LogP contribution is -2.71. The molecule has 0 heterocycles. The fraction of sp³-hybridized carbons (Fsp3) is 0.889. The molecule has 0 rings (SSSR count). The van der Waals surface area contributed by atoms with E-state index in [1.165, 1.54) is 74.2 Å². The van der Waals surface area contributed by atoms with Crippen LogP contribution in [0.15, 0.2) is 0 Å². The molecule has 260 valence electrons. The van der Waals surface area contributed by atoms with Crippen LogP contribution in [0, 0.1) is 12.0 Å². The Morgan fingerprint density at radius 2 is 0.886 bits per heavy atom. The molecule has 0 bridgehead atoms. The summed E-state index contributed by atoms with van der Waals surface area (Å²) in [6, 6.07) is 12.5. The molecule has 0 aliphatic carbocycles. The van der Waals surface area contributed by atoms with E-state index < -0.39 is 80.8 Å². The summed E-state index contributed by atoms with van der Waals surface area (Å²) >= 11 is 0. The van der Waals surface area contributed by atoms with E-state index in [9.17, 15) is 0 Å². The highest BCUT2D eigenvalue weighted by Gasteiger charge is 2.70. The molecule has 16 nitrogen and oxygen atoms in total. The highest BCUT2D eigenvalue weighted by Crippen LogP contribution is 2.32. The molecule has 0 saturated heterocycles. The van der Waals surface area contributed by atoms with E-state index in [1.807, 2.05) is 26.2 Å². The van der Waals surface area contributed by atoms with Crippen LogP contribution in [0.3, 0.4) is 0 Å². The van der Waals surface area contributed by atoms with Crippen LogP contribution < -0.4 is 0 Å². The average molecular weight is 805 g/mol. The van der Waals surface area contributed by atoms with Gasteiger partial charge in [0.15, 0.2) is 17.4 Å². The second kappa shape index (κ2) is 22.4. The van der Waals surface area contributed by atoms with Crippen LogP contribution in [0.5, 0.6) is 0 Å². The topological polar surface area (TPSA) is 148 Å². The fourth-order valence-electron chi connectivity index (χ4n) is 3.26. The first-order valence-electron chi connectivity index (χ1n) is 13.3. The molecular formula is C18H52O16Si10. The van der Waals surface area contributed by atoms with E-state index in [0.717, 1.165) is 0 Å². The van der Waals surface area contributed by atoms with Crippen LogP contribution >= 0.6 is 0 Å². The first-order chi connectivity index (χ1) is 20.6. The molecule has 0 amide bonds. The van der Waals surface area contributed by atoms with Crippen LogP contribution in [0.25, 0.3) is 0 Å². The maximum absolute atomic E-state index is 6.67. The summed E-state index contributed by atoms with van der Waals surface area (Å²) in [7, 11) is -11.9. The fourth-order valence-corrected chi connectivity index (χ4v) is 27.9. The summed E-state index contributed by atoms with van der Waals surface area (Å²) < 4.78 is 93.8. The quantitative estimate of drug-likeness (QED) is 0.117. The average Bonchev–Trinajstić information content (AvgIpc) is 3.01. The van der Waals surface area contributed by atoms with Gasteiger partial charge in [-0.1, -0.05) is 6.55 Å². The molecule has 0 aromatic carbocycles. The monoisotopic (exact) mass is 804 g/mol. The highest BCUT2D eigenvalue weighted by atomic mass is 28.6. The van der Waals surface area contributed by atoms with Crippen LogP contribution in [0.4, 0.5) is 0 Å². The van der Waals surface area contributed by atoms with Gasteiger partial charge in [0.25, 0.3) is 0 Å². The number of rotatable bonds is 24. The Labute approximate surface area is 279 Å². The van der Waals surface area contributed by atoms with Crippen molar-refractivity contribution in [1.82, 2.24) is 0 Å². The van der Waals surface area contributed by atoms with E-state index in [0.29, 0.717) is 12.1 Å². The molecule has 0 N–H and O–H groups in total. The normalized spacial score (nSPS) is 15.4. The Balaban J connectivity index is 0. The minimum Gasteiger partial charge on any atom is -0.496 e. The van der Waals surface area contributed by atoms with Crippen molar-refractivity contribution in [3.05, 3.63) is 0 Å². The molecule has 44 heavy (non-hydrogen) atoms. The van der Waals surface area contributed by atoms with Crippen molar-refractivity contribution >= 4 is 91.0 Å². The summed E-state index contributed by atoms with van der Waals surface area (Å²) in [6.07, 6.45) is 0. The van der Waals surface area contributed by atoms with Crippen molar-refractivity contribution in [2.45, 2.75) is 44.8 Å². The summed E-state index contributed by atoms with van der Waals surface area (Å²) in [6.45, 7) is 9.75. The van der Waals surface area contributed by atoms with Gasteiger partial charge in [0, 0.05) is 70.0 Å². The molecular weight excluding hydrogens is 753 g/mol. The lowest BCUT2D eigenvalue weighted by atomic mass is 10.9. The molecule has 0 radical (unpaired) electrons. The number of hydrogen-bond acceptors (Lipinski definition) is 16. The van der Waals surface area contributed by atoms with Crippen LogP contribution in [0.2, 0.25) is 44.8 Å². The zero-order chi connectivity index (χ0) is 34.7. The zero-order valence-electron chi connectivity index (χ0n) is 28.7. The van der Waals surface area contributed by atoms with Gasteiger partial charge in [-0.15, -0.1) is 12.0 Å². The van der Waals surface area contributed by atoms with Crippen molar-refractivity contribution in [3.63, 3.8) is 0 Å². The van der Waals surface area contributed by atoms with Crippen LogP contribution in [-0.2, 0) is 68.6 Å². The molecule has 2 unspecified atom stereocenters. The Kier molecular flexibility index (Phi) is 23.9. The molecule has 0 spiro atoms. The first kappa shape index (κ1) is 46.9. The smallest absolute Gasteiger partial charge is 0.496 e. The SMILES string of the molecule is C#[Si]O[Si](OC)(O[SiH](C)C)O[Si](OC)(OC)O[Si](O[Si]#C)(O[Si](C)(C)CC[Si](OC)(OC)OC)O[Si](OC)(OC)OC.C[SiH3]. The molecule has 0 aromatic rings. The van der Waals surface area contributed by atoms with E-state index in [1.54, 1.807) is 0 Å². The third-order valence-electron chi connectivity index (χ3n) is 5.37. The van der Waals surface area contributed by atoms with Gasteiger partial charge in [-0.3, -0.25) is 0 Å². The maximum atomic E-state index is 6.67. The Hall–Kier alpha value is 0.769. The molecule has 2 atom stereocenters.